The highest BCUT2D eigenvalue weighted by molar-refractivity contribution is 5.89. The second-order valence-electron chi connectivity index (χ2n) is 5.75. The van der Waals surface area contributed by atoms with Gasteiger partial charge < -0.3 is 15.3 Å². The van der Waals surface area contributed by atoms with E-state index in [4.69, 9.17) is 0 Å². The Labute approximate surface area is 137 Å². The molecule has 2 aromatic carbocycles. The lowest BCUT2D eigenvalue weighted by Gasteiger charge is -2.22. The van der Waals surface area contributed by atoms with Gasteiger partial charge in [-0.2, -0.15) is 0 Å². The molecule has 0 heterocycles. The summed E-state index contributed by atoms with van der Waals surface area (Å²) in [6, 6.07) is 15.8. The first-order valence-electron chi connectivity index (χ1n) is 7.87. The summed E-state index contributed by atoms with van der Waals surface area (Å²) in [5, 5.41) is 12.1. The van der Waals surface area contributed by atoms with E-state index in [1.165, 1.54) is 5.56 Å². The number of carbonyl (C=O) groups is 1. The van der Waals surface area contributed by atoms with Gasteiger partial charge in [-0.1, -0.05) is 36.4 Å². The Morgan fingerprint density at radius 1 is 1.04 bits per heavy atom. The average Bonchev–Trinajstić information content (AvgIpc) is 2.51. The van der Waals surface area contributed by atoms with Crippen molar-refractivity contribution in [3.05, 3.63) is 65.2 Å². The average molecular weight is 312 g/mol. The van der Waals surface area contributed by atoms with Gasteiger partial charge in [0.1, 0.15) is 0 Å². The predicted molar refractivity (Wildman–Crippen MR) is 93.7 cm³/mol. The Hall–Kier alpha value is -2.33. The minimum absolute atomic E-state index is 0.0466. The summed E-state index contributed by atoms with van der Waals surface area (Å²) in [6.45, 7) is 4.85. The summed E-state index contributed by atoms with van der Waals surface area (Å²) >= 11 is 0. The molecule has 4 nitrogen and oxygen atoms in total. The zero-order valence-electron chi connectivity index (χ0n) is 13.7. The lowest BCUT2D eigenvalue weighted by atomic mass is 10.1. The van der Waals surface area contributed by atoms with Gasteiger partial charge >= 0.3 is 6.03 Å². The standard InChI is InChI=1S/C19H24N2O2/c1-15-12-16(2)14-18(13-15)20-19(23)21(10-11-22)9-8-17-6-4-3-5-7-17/h3-7,12-14,22H,8-11H2,1-2H3,(H,20,23). The van der Waals surface area contributed by atoms with Crippen LogP contribution >= 0.6 is 0 Å². The number of aryl methyl sites for hydroxylation is 2. The molecule has 0 aliphatic heterocycles. The van der Waals surface area contributed by atoms with Crippen LogP contribution in [0.25, 0.3) is 0 Å². The minimum atomic E-state index is -0.181. The summed E-state index contributed by atoms with van der Waals surface area (Å²) in [5.74, 6) is 0. The van der Waals surface area contributed by atoms with Crippen LogP contribution in [0, 0.1) is 13.8 Å². The van der Waals surface area contributed by atoms with Crippen LogP contribution in [-0.4, -0.2) is 35.7 Å². The number of rotatable bonds is 6. The van der Waals surface area contributed by atoms with Crippen molar-refractivity contribution in [1.29, 1.82) is 0 Å². The van der Waals surface area contributed by atoms with Crippen molar-refractivity contribution in [2.45, 2.75) is 20.3 Å². The molecule has 0 saturated heterocycles. The third-order valence-electron chi connectivity index (χ3n) is 3.64. The molecule has 0 unspecified atom stereocenters. The molecule has 0 aliphatic rings. The molecule has 23 heavy (non-hydrogen) atoms. The number of nitrogens with one attached hydrogen (secondary N) is 1. The van der Waals surface area contributed by atoms with Crippen LogP contribution in [-0.2, 0) is 6.42 Å². The number of benzene rings is 2. The lowest BCUT2D eigenvalue weighted by molar-refractivity contribution is 0.189. The van der Waals surface area contributed by atoms with E-state index in [0.29, 0.717) is 13.1 Å². The summed E-state index contributed by atoms with van der Waals surface area (Å²) in [4.78, 5) is 14.1. The summed E-state index contributed by atoms with van der Waals surface area (Å²) in [6.07, 6.45) is 0.765. The van der Waals surface area contributed by atoms with Crippen molar-refractivity contribution in [2.24, 2.45) is 0 Å². The highest BCUT2D eigenvalue weighted by Gasteiger charge is 2.13. The molecule has 0 aromatic heterocycles. The topological polar surface area (TPSA) is 52.6 Å². The molecular weight excluding hydrogens is 288 g/mol. The summed E-state index contributed by atoms with van der Waals surface area (Å²) in [5.41, 5.74) is 4.18. The number of urea groups is 1. The highest BCUT2D eigenvalue weighted by atomic mass is 16.3. The minimum Gasteiger partial charge on any atom is -0.395 e. The Bertz CT molecular complexity index is 621. The van der Waals surface area contributed by atoms with E-state index in [-0.39, 0.29) is 12.6 Å². The SMILES string of the molecule is Cc1cc(C)cc(NC(=O)N(CCO)CCc2ccccc2)c1. The van der Waals surface area contributed by atoms with E-state index < -0.39 is 0 Å². The molecule has 0 spiro atoms. The molecule has 0 aliphatic carbocycles. The smallest absolute Gasteiger partial charge is 0.321 e. The van der Waals surface area contributed by atoms with Crippen LogP contribution in [0.4, 0.5) is 10.5 Å². The fourth-order valence-electron chi connectivity index (χ4n) is 2.59. The van der Waals surface area contributed by atoms with E-state index >= 15 is 0 Å². The maximum atomic E-state index is 12.5. The molecule has 2 N–H and O–H groups in total. The van der Waals surface area contributed by atoms with Gasteiger partial charge in [-0.05, 0) is 49.1 Å². The molecule has 4 heteroatoms. The molecule has 0 atom stereocenters. The van der Waals surface area contributed by atoms with Gasteiger partial charge in [0, 0.05) is 18.8 Å². The number of hydrogen-bond acceptors (Lipinski definition) is 2. The third kappa shape index (κ3) is 5.42. The van der Waals surface area contributed by atoms with E-state index in [0.717, 1.165) is 23.2 Å². The maximum absolute atomic E-state index is 12.5. The van der Waals surface area contributed by atoms with Crippen LogP contribution in [0.3, 0.4) is 0 Å². The molecule has 0 fully saturated rings. The normalized spacial score (nSPS) is 10.4. The van der Waals surface area contributed by atoms with Crippen molar-refractivity contribution in [3.63, 3.8) is 0 Å². The number of nitrogens with zero attached hydrogens (tertiary/aromatic N) is 1. The van der Waals surface area contributed by atoms with E-state index in [9.17, 15) is 9.90 Å². The number of anilines is 1. The van der Waals surface area contributed by atoms with Gasteiger partial charge in [-0.15, -0.1) is 0 Å². The van der Waals surface area contributed by atoms with E-state index in [1.807, 2.05) is 56.3 Å². The molecule has 0 saturated carbocycles. The zero-order chi connectivity index (χ0) is 16.7. The summed E-state index contributed by atoms with van der Waals surface area (Å²) < 4.78 is 0. The van der Waals surface area contributed by atoms with Crippen LogP contribution in [0.1, 0.15) is 16.7 Å². The third-order valence-corrected chi connectivity index (χ3v) is 3.64. The van der Waals surface area contributed by atoms with E-state index in [2.05, 4.69) is 11.4 Å². The number of carbonyl (C=O) groups excluding carboxylic acids is 1. The predicted octanol–water partition coefficient (Wildman–Crippen LogP) is 3.37. The monoisotopic (exact) mass is 312 g/mol. The van der Waals surface area contributed by atoms with Gasteiger partial charge in [0.2, 0.25) is 0 Å². The van der Waals surface area contributed by atoms with Crippen molar-refractivity contribution in [2.75, 3.05) is 25.0 Å². The fourth-order valence-corrected chi connectivity index (χ4v) is 2.59. The lowest BCUT2D eigenvalue weighted by Crippen LogP contribution is -2.38. The van der Waals surface area contributed by atoms with Gasteiger partial charge in [-0.25, -0.2) is 4.79 Å². The van der Waals surface area contributed by atoms with Crippen molar-refractivity contribution in [3.8, 4) is 0 Å². The Kier molecular flexibility index (Phi) is 6.18. The van der Waals surface area contributed by atoms with Crippen LogP contribution in [0.15, 0.2) is 48.5 Å². The molecule has 2 rings (SSSR count). The Morgan fingerprint density at radius 2 is 1.70 bits per heavy atom. The fraction of sp³-hybridized carbons (Fsp3) is 0.316. The zero-order valence-corrected chi connectivity index (χ0v) is 13.7. The number of aliphatic hydroxyl groups is 1. The number of aliphatic hydroxyl groups excluding tert-OH is 1. The van der Waals surface area contributed by atoms with Gasteiger partial charge in [-0.3, -0.25) is 0 Å². The van der Waals surface area contributed by atoms with Crippen molar-refractivity contribution >= 4 is 11.7 Å². The second-order valence-corrected chi connectivity index (χ2v) is 5.75. The first-order chi connectivity index (χ1) is 11.1. The second kappa shape index (κ2) is 8.34. The maximum Gasteiger partial charge on any atom is 0.321 e. The van der Waals surface area contributed by atoms with Crippen LogP contribution < -0.4 is 5.32 Å². The van der Waals surface area contributed by atoms with Gasteiger partial charge in [0.15, 0.2) is 0 Å². The van der Waals surface area contributed by atoms with Crippen molar-refractivity contribution in [1.82, 2.24) is 4.90 Å². The molecule has 122 valence electrons. The number of amides is 2. The summed E-state index contributed by atoms with van der Waals surface area (Å²) in [7, 11) is 0. The number of hydrogen-bond donors (Lipinski definition) is 2. The highest BCUT2D eigenvalue weighted by Crippen LogP contribution is 2.14. The van der Waals surface area contributed by atoms with Gasteiger partial charge in [0.25, 0.3) is 0 Å². The molecular formula is C19H24N2O2. The first kappa shape index (κ1) is 17.0. The largest absolute Gasteiger partial charge is 0.395 e. The van der Waals surface area contributed by atoms with Crippen LogP contribution in [0.5, 0.6) is 0 Å². The molecule has 0 radical (unpaired) electrons. The van der Waals surface area contributed by atoms with E-state index in [1.54, 1.807) is 4.90 Å². The quantitative estimate of drug-likeness (QED) is 0.859. The van der Waals surface area contributed by atoms with Crippen molar-refractivity contribution < 1.29 is 9.90 Å². The molecule has 2 aromatic rings. The van der Waals surface area contributed by atoms with Gasteiger partial charge in [0.05, 0.1) is 6.61 Å². The molecule has 0 bridgehead atoms. The Morgan fingerprint density at radius 3 is 2.30 bits per heavy atom. The first-order valence-corrected chi connectivity index (χ1v) is 7.87. The Balaban J connectivity index is 1.99. The van der Waals surface area contributed by atoms with Crippen LogP contribution in [0.2, 0.25) is 0 Å². The molecule has 2 amide bonds.